The van der Waals surface area contributed by atoms with Gasteiger partial charge in [-0.2, -0.15) is 8.78 Å². The van der Waals surface area contributed by atoms with Gasteiger partial charge in [-0.05, 0) is 29.5 Å². The van der Waals surface area contributed by atoms with Gasteiger partial charge in [0.15, 0.2) is 0 Å². The summed E-state index contributed by atoms with van der Waals surface area (Å²) >= 11 is 0. The maximum Gasteiger partial charge on any atom is 0.336 e. The Morgan fingerprint density at radius 1 is 1.03 bits per heavy atom. The Bertz CT molecular complexity index is 1050. The minimum absolute atomic E-state index is 0.114. The quantitative estimate of drug-likeness (QED) is 0.378. The lowest BCUT2D eigenvalue weighted by Crippen LogP contribution is -2.16. The van der Waals surface area contributed by atoms with Gasteiger partial charge in [0.1, 0.15) is 5.82 Å². The topological polar surface area (TPSA) is 68.0 Å². The van der Waals surface area contributed by atoms with Crippen molar-refractivity contribution in [1.82, 2.24) is 14.8 Å². The average molecular weight is 442 g/mol. The lowest BCUT2D eigenvalue weighted by molar-refractivity contribution is -0.0246. The first kappa shape index (κ1) is 23.6. The Hall–Kier alpha value is -3.09. The van der Waals surface area contributed by atoms with Gasteiger partial charge in [-0.15, -0.1) is 5.10 Å². The first-order valence-corrected chi connectivity index (χ1v) is 11.1. The average Bonchev–Trinajstić information content (AvgIpc) is 3.20. The molecule has 0 amide bonds. The fraction of sp³-hybridized carbons (Fsp3) is 0.400. The zero-order valence-electron chi connectivity index (χ0n) is 18.5. The SMILES string of the molecule is CCCCn1nc(C(F)(F)CCCC)nc1Cc1cccc(-c2ccccc2)c1C(=O)O. The molecule has 0 unspecified atom stereocenters. The number of carbonyl (C=O) groups is 1. The van der Waals surface area contributed by atoms with Crippen LogP contribution in [0.4, 0.5) is 8.78 Å². The lowest BCUT2D eigenvalue weighted by Gasteiger charge is -2.12. The molecule has 32 heavy (non-hydrogen) atoms. The molecule has 0 aliphatic heterocycles. The van der Waals surface area contributed by atoms with E-state index in [9.17, 15) is 18.7 Å². The van der Waals surface area contributed by atoms with E-state index in [0.717, 1.165) is 18.4 Å². The van der Waals surface area contributed by atoms with Crippen molar-refractivity contribution in [3.05, 3.63) is 71.3 Å². The predicted molar refractivity (Wildman–Crippen MR) is 120 cm³/mol. The highest BCUT2D eigenvalue weighted by atomic mass is 19.3. The number of rotatable bonds is 11. The van der Waals surface area contributed by atoms with Crippen LogP contribution < -0.4 is 0 Å². The standard InChI is InChI=1S/C25H29F2N3O2/c1-3-5-15-25(26,27)24-28-21(30(29-24)16-6-4-2)17-19-13-10-14-20(22(19)23(31)32)18-11-8-7-9-12-18/h7-14H,3-6,15-17H2,1-2H3,(H,31,32). The van der Waals surface area contributed by atoms with Gasteiger partial charge < -0.3 is 5.11 Å². The molecule has 0 fully saturated rings. The zero-order valence-corrected chi connectivity index (χ0v) is 18.5. The Balaban J connectivity index is 2.03. The number of hydrogen-bond acceptors (Lipinski definition) is 3. The molecule has 0 saturated carbocycles. The van der Waals surface area contributed by atoms with Crippen molar-refractivity contribution in [2.45, 2.75) is 64.8 Å². The zero-order chi connectivity index (χ0) is 23.1. The van der Waals surface area contributed by atoms with Crippen molar-refractivity contribution in [2.75, 3.05) is 0 Å². The van der Waals surface area contributed by atoms with E-state index in [1.807, 2.05) is 44.2 Å². The highest BCUT2D eigenvalue weighted by Crippen LogP contribution is 2.32. The number of aryl methyl sites for hydroxylation is 1. The fourth-order valence-corrected chi connectivity index (χ4v) is 3.69. The van der Waals surface area contributed by atoms with Crippen molar-refractivity contribution in [2.24, 2.45) is 0 Å². The Morgan fingerprint density at radius 2 is 1.75 bits per heavy atom. The van der Waals surface area contributed by atoms with Gasteiger partial charge in [-0.1, -0.05) is 75.2 Å². The summed E-state index contributed by atoms with van der Waals surface area (Å²) in [6.07, 6.45) is 2.51. The molecule has 0 radical (unpaired) electrons. The highest BCUT2D eigenvalue weighted by molar-refractivity contribution is 5.97. The van der Waals surface area contributed by atoms with Crippen LogP contribution in [0.25, 0.3) is 11.1 Å². The van der Waals surface area contributed by atoms with Crippen LogP contribution in [0.3, 0.4) is 0 Å². The first-order valence-electron chi connectivity index (χ1n) is 11.1. The first-order chi connectivity index (χ1) is 15.4. The van der Waals surface area contributed by atoms with Crippen molar-refractivity contribution < 1.29 is 18.7 Å². The second-order valence-electron chi connectivity index (χ2n) is 7.92. The second-order valence-corrected chi connectivity index (χ2v) is 7.92. The summed E-state index contributed by atoms with van der Waals surface area (Å²) in [4.78, 5) is 16.4. The molecule has 1 aromatic heterocycles. The van der Waals surface area contributed by atoms with Gasteiger partial charge in [-0.25, -0.2) is 14.5 Å². The summed E-state index contributed by atoms with van der Waals surface area (Å²) in [5.74, 6) is -4.29. The van der Waals surface area contributed by atoms with E-state index in [1.54, 1.807) is 18.2 Å². The van der Waals surface area contributed by atoms with E-state index in [-0.39, 0.29) is 18.4 Å². The molecule has 1 N–H and O–H groups in total. The minimum Gasteiger partial charge on any atom is -0.478 e. The van der Waals surface area contributed by atoms with Gasteiger partial charge in [0, 0.05) is 19.4 Å². The molecule has 0 bridgehead atoms. The Labute approximate surface area is 187 Å². The predicted octanol–water partition coefficient (Wildman–Crippen LogP) is 6.32. The molecule has 0 aliphatic carbocycles. The molecule has 3 rings (SSSR count). The van der Waals surface area contributed by atoms with Crippen molar-refractivity contribution in [1.29, 1.82) is 0 Å². The van der Waals surface area contributed by atoms with Crippen molar-refractivity contribution in [3.63, 3.8) is 0 Å². The lowest BCUT2D eigenvalue weighted by atomic mass is 9.94. The number of benzene rings is 2. The largest absolute Gasteiger partial charge is 0.478 e. The fourth-order valence-electron chi connectivity index (χ4n) is 3.69. The minimum atomic E-state index is -3.11. The highest BCUT2D eigenvalue weighted by Gasteiger charge is 2.36. The number of carboxylic acids is 1. The van der Waals surface area contributed by atoms with E-state index in [4.69, 9.17) is 0 Å². The molecule has 2 aromatic carbocycles. The maximum atomic E-state index is 14.7. The van der Waals surface area contributed by atoms with Crippen molar-refractivity contribution in [3.8, 4) is 11.1 Å². The molecule has 170 valence electrons. The molecular formula is C25H29F2N3O2. The molecule has 0 spiro atoms. The Morgan fingerprint density at radius 3 is 2.41 bits per heavy atom. The van der Waals surface area contributed by atoms with Crippen molar-refractivity contribution >= 4 is 5.97 Å². The summed E-state index contributed by atoms with van der Waals surface area (Å²) in [6, 6.07) is 14.5. The van der Waals surface area contributed by atoms with Crippen LogP contribution in [0.5, 0.6) is 0 Å². The van der Waals surface area contributed by atoms with Crippen LogP contribution in [0, 0.1) is 0 Å². The second kappa shape index (κ2) is 10.5. The molecule has 1 heterocycles. The number of hydrogen-bond donors (Lipinski definition) is 1. The van der Waals surface area contributed by atoms with Gasteiger partial charge in [0.2, 0.25) is 5.82 Å². The van der Waals surface area contributed by atoms with E-state index >= 15 is 0 Å². The van der Waals surface area contributed by atoms with Gasteiger partial charge in [0.25, 0.3) is 0 Å². The third-order valence-corrected chi connectivity index (χ3v) is 5.44. The van der Waals surface area contributed by atoms with E-state index in [2.05, 4.69) is 10.1 Å². The molecular weight excluding hydrogens is 412 g/mol. The summed E-state index contributed by atoms with van der Waals surface area (Å²) in [5, 5.41) is 14.1. The maximum absolute atomic E-state index is 14.7. The molecule has 3 aromatic rings. The molecule has 0 saturated heterocycles. The third-order valence-electron chi connectivity index (χ3n) is 5.44. The number of alkyl halides is 2. The molecule has 7 heteroatoms. The van der Waals surface area contributed by atoms with Crippen LogP contribution in [-0.2, 0) is 18.9 Å². The van der Waals surface area contributed by atoms with Crippen LogP contribution in [-0.4, -0.2) is 25.8 Å². The molecule has 0 atom stereocenters. The van der Waals surface area contributed by atoms with Crippen LogP contribution in [0.2, 0.25) is 0 Å². The van der Waals surface area contributed by atoms with Gasteiger partial charge in [0.05, 0.1) is 5.56 Å². The smallest absolute Gasteiger partial charge is 0.336 e. The van der Waals surface area contributed by atoms with E-state index in [1.165, 1.54) is 4.68 Å². The number of aromatic nitrogens is 3. The van der Waals surface area contributed by atoms with E-state index < -0.39 is 17.7 Å². The number of aromatic carboxylic acids is 1. The van der Waals surface area contributed by atoms with Crippen LogP contribution in [0.1, 0.15) is 73.5 Å². The summed E-state index contributed by atoms with van der Waals surface area (Å²) in [5.41, 5.74) is 2.05. The number of nitrogens with zero attached hydrogens (tertiary/aromatic N) is 3. The summed E-state index contributed by atoms with van der Waals surface area (Å²) in [7, 11) is 0. The van der Waals surface area contributed by atoms with Crippen LogP contribution >= 0.6 is 0 Å². The Kier molecular flexibility index (Phi) is 7.72. The number of unbranched alkanes of at least 4 members (excludes halogenated alkanes) is 2. The molecule has 5 nitrogen and oxygen atoms in total. The number of halogens is 2. The summed E-state index contributed by atoms with van der Waals surface area (Å²) in [6.45, 7) is 4.34. The normalized spacial score (nSPS) is 11.6. The third kappa shape index (κ3) is 5.39. The number of carboxylic acid groups (broad SMARTS) is 1. The monoisotopic (exact) mass is 441 g/mol. The molecule has 0 aliphatic rings. The van der Waals surface area contributed by atoms with E-state index in [0.29, 0.717) is 36.3 Å². The van der Waals surface area contributed by atoms with Gasteiger partial charge >= 0.3 is 11.9 Å². The van der Waals surface area contributed by atoms with Gasteiger partial charge in [-0.3, -0.25) is 0 Å². The van der Waals surface area contributed by atoms with Crippen LogP contribution in [0.15, 0.2) is 48.5 Å². The summed E-state index contributed by atoms with van der Waals surface area (Å²) < 4.78 is 30.8.